The smallest absolute Gasteiger partial charge is 0.191 e. The summed E-state index contributed by atoms with van der Waals surface area (Å²) >= 11 is 0. The van der Waals surface area contributed by atoms with Crippen molar-refractivity contribution >= 4 is 5.96 Å². The van der Waals surface area contributed by atoms with Crippen LogP contribution in [-0.2, 0) is 13.1 Å². The molecule has 1 unspecified atom stereocenters. The third-order valence-electron chi connectivity index (χ3n) is 5.43. The van der Waals surface area contributed by atoms with Gasteiger partial charge in [-0.05, 0) is 56.7 Å². The van der Waals surface area contributed by atoms with E-state index in [1.165, 1.54) is 42.6 Å². The van der Waals surface area contributed by atoms with Gasteiger partial charge in [-0.3, -0.25) is 9.89 Å². The first-order valence-corrected chi connectivity index (χ1v) is 10.6. The molecule has 1 fully saturated rings. The van der Waals surface area contributed by atoms with Crippen molar-refractivity contribution in [2.24, 2.45) is 4.99 Å². The molecule has 5 nitrogen and oxygen atoms in total. The summed E-state index contributed by atoms with van der Waals surface area (Å²) < 4.78 is 0. The number of benzene rings is 2. The molecule has 5 heteroatoms. The third kappa shape index (κ3) is 6.58. The summed E-state index contributed by atoms with van der Waals surface area (Å²) in [5, 5.41) is 7.00. The second-order valence-electron chi connectivity index (χ2n) is 8.03. The Morgan fingerprint density at radius 2 is 1.62 bits per heavy atom. The molecule has 1 atom stereocenters. The quantitative estimate of drug-likeness (QED) is 0.534. The molecule has 0 amide bonds. The number of hydrogen-bond acceptors (Lipinski definition) is 3. The molecule has 1 aliphatic rings. The molecule has 2 aromatic carbocycles. The molecule has 1 aliphatic heterocycles. The minimum absolute atomic E-state index is 0.377. The van der Waals surface area contributed by atoms with E-state index in [9.17, 15) is 0 Å². The predicted molar refractivity (Wildman–Crippen MR) is 122 cm³/mol. The van der Waals surface area contributed by atoms with Crippen LogP contribution >= 0.6 is 0 Å². The van der Waals surface area contributed by atoms with E-state index < -0.39 is 0 Å². The Balaban J connectivity index is 1.54. The van der Waals surface area contributed by atoms with Crippen molar-refractivity contribution in [3.8, 4) is 0 Å². The molecular formula is C24H35N5. The van der Waals surface area contributed by atoms with Crippen molar-refractivity contribution in [1.82, 2.24) is 20.4 Å². The molecule has 156 valence electrons. The van der Waals surface area contributed by atoms with Gasteiger partial charge in [0.2, 0.25) is 0 Å². The Hall–Kier alpha value is -2.37. The van der Waals surface area contributed by atoms with Crippen LogP contribution < -0.4 is 10.6 Å². The first-order chi connectivity index (χ1) is 14.2. The molecule has 2 N–H and O–H groups in total. The number of hydrogen-bond donors (Lipinski definition) is 2. The van der Waals surface area contributed by atoms with Crippen molar-refractivity contribution < 1.29 is 0 Å². The standard InChI is InChI=1S/C24H35N5/c1-25-24(26-17-20-11-13-21(14-12-20)19-28(2)3)27-18-23(29-15-7-8-16-29)22-9-5-4-6-10-22/h4-6,9-14,23H,7-8,15-19H2,1-3H3,(H2,25,26,27). The van der Waals surface area contributed by atoms with Gasteiger partial charge in [0.1, 0.15) is 0 Å². The number of nitrogens with one attached hydrogen (secondary N) is 2. The normalized spacial score (nSPS) is 16.2. The van der Waals surface area contributed by atoms with Crippen molar-refractivity contribution in [3.05, 3.63) is 71.3 Å². The number of guanidine groups is 1. The van der Waals surface area contributed by atoms with Crippen LogP contribution in [0.2, 0.25) is 0 Å². The van der Waals surface area contributed by atoms with Gasteiger partial charge >= 0.3 is 0 Å². The molecule has 0 saturated carbocycles. The highest BCUT2D eigenvalue weighted by Crippen LogP contribution is 2.24. The maximum atomic E-state index is 4.42. The zero-order valence-corrected chi connectivity index (χ0v) is 18.1. The Labute approximate surface area is 175 Å². The van der Waals surface area contributed by atoms with E-state index in [1.54, 1.807) is 0 Å². The fourth-order valence-corrected chi connectivity index (χ4v) is 3.91. The zero-order valence-electron chi connectivity index (χ0n) is 18.1. The van der Waals surface area contributed by atoms with Gasteiger partial charge in [-0.25, -0.2) is 0 Å². The zero-order chi connectivity index (χ0) is 20.5. The summed E-state index contributed by atoms with van der Waals surface area (Å²) in [5.74, 6) is 0.850. The summed E-state index contributed by atoms with van der Waals surface area (Å²) in [6, 6.07) is 20.0. The van der Waals surface area contributed by atoms with Gasteiger partial charge in [-0.15, -0.1) is 0 Å². The van der Waals surface area contributed by atoms with E-state index in [0.29, 0.717) is 6.04 Å². The van der Waals surface area contributed by atoms with Crippen LogP contribution in [0.1, 0.15) is 35.6 Å². The van der Waals surface area contributed by atoms with E-state index >= 15 is 0 Å². The van der Waals surface area contributed by atoms with Crippen molar-refractivity contribution in [1.29, 1.82) is 0 Å². The highest BCUT2D eigenvalue weighted by molar-refractivity contribution is 5.79. The van der Waals surface area contributed by atoms with Gasteiger partial charge in [0, 0.05) is 26.7 Å². The SMILES string of the molecule is CN=C(NCc1ccc(CN(C)C)cc1)NCC(c1ccccc1)N1CCCC1. The van der Waals surface area contributed by atoms with Crippen LogP contribution in [0.5, 0.6) is 0 Å². The molecule has 2 aromatic rings. The molecule has 0 aromatic heterocycles. The average Bonchev–Trinajstić information content (AvgIpc) is 3.26. The second kappa shape index (κ2) is 11.0. The maximum absolute atomic E-state index is 4.42. The lowest BCUT2D eigenvalue weighted by atomic mass is 10.1. The highest BCUT2D eigenvalue weighted by Gasteiger charge is 2.23. The second-order valence-corrected chi connectivity index (χ2v) is 8.03. The lowest BCUT2D eigenvalue weighted by molar-refractivity contribution is 0.245. The Morgan fingerprint density at radius 1 is 0.966 bits per heavy atom. The van der Waals surface area contributed by atoms with Crippen LogP contribution in [0.25, 0.3) is 0 Å². The van der Waals surface area contributed by atoms with Gasteiger partial charge in [-0.2, -0.15) is 0 Å². The van der Waals surface area contributed by atoms with Crippen molar-refractivity contribution in [2.45, 2.75) is 32.0 Å². The van der Waals surface area contributed by atoms with E-state index in [4.69, 9.17) is 0 Å². The van der Waals surface area contributed by atoms with Crippen LogP contribution in [0, 0.1) is 0 Å². The van der Waals surface area contributed by atoms with E-state index in [1.807, 2.05) is 7.05 Å². The fourth-order valence-electron chi connectivity index (χ4n) is 3.91. The van der Waals surface area contributed by atoms with Crippen molar-refractivity contribution in [2.75, 3.05) is 40.8 Å². The Bertz CT molecular complexity index is 749. The molecule has 0 radical (unpaired) electrons. The molecule has 0 bridgehead atoms. The van der Waals surface area contributed by atoms with Gasteiger partial charge in [0.15, 0.2) is 5.96 Å². The minimum Gasteiger partial charge on any atom is -0.354 e. The molecular weight excluding hydrogens is 358 g/mol. The van der Waals surface area contributed by atoms with E-state index in [-0.39, 0.29) is 0 Å². The molecule has 0 aliphatic carbocycles. The Morgan fingerprint density at radius 3 is 2.24 bits per heavy atom. The highest BCUT2D eigenvalue weighted by atomic mass is 15.2. The Kier molecular flexibility index (Phi) is 8.08. The summed E-state index contributed by atoms with van der Waals surface area (Å²) in [7, 11) is 6.02. The maximum Gasteiger partial charge on any atom is 0.191 e. The van der Waals surface area contributed by atoms with Crippen LogP contribution in [-0.4, -0.2) is 56.5 Å². The minimum atomic E-state index is 0.377. The molecule has 1 heterocycles. The average molecular weight is 394 g/mol. The first-order valence-electron chi connectivity index (χ1n) is 10.6. The largest absolute Gasteiger partial charge is 0.354 e. The molecule has 29 heavy (non-hydrogen) atoms. The van der Waals surface area contributed by atoms with Gasteiger partial charge in [-0.1, -0.05) is 54.6 Å². The number of rotatable bonds is 8. The topological polar surface area (TPSA) is 42.9 Å². The number of aliphatic imine (C=N–C) groups is 1. The lowest BCUT2D eigenvalue weighted by Gasteiger charge is -2.29. The summed E-state index contributed by atoms with van der Waals surface area (Å²) in [4.78, 5) is 9.19. The predicted octanol–water partition coefficient (Wildman–Crippen LogP) is 3.25. The molecule has 3 rings (SSSR count). The third-order valence-corrected chi connectivity index (χ3v) is 5.43. The number of likely N-dealkylation sites (tertiary alicyclic amines) is 1. The van der Waals surface area contributed by atoms with Gasteiger partial charge in [0.05, 0.1) is 6.04 Å². The van der Waals surface area contributed by atoms with Crippen LogP contribution in [0.3, 0.4) is 0 Å². The van der Waals surface area contributed by atoms with E-state index in [2.05, 4.69) is 94.1 Å². The fraction of sp³-hybridized carbons (Fsp3) is 0.458. The summed E-state index contributed by atoms with van der Waals surface area (Å²) in [6.07, 6.45) is 2.58. The lowest BCUT2D eigenvalue weighted by Crippen LogP contribution is -2.42. The molecule has 0 spiro atoms. The van der Waals surface area contributed by atoms with Crippen LogP contribution in [0.4, 0.5) is 0 Å². The monoisotopic (exact) mass is 393 g/mol. The number of nitrogens with zero attached hydrogens (tertiary/aromatic N) is 3. The molecule has 1 saturated heterocycles. The summed E-state index contributed by atoms with van der Waals surface area (Å²) in [6.45, 7) is 4.93. The van der Waals surface area contributed by atoms with E-state index in [0.717, 1.165) is 25.6 Å². The van der Waals surface area contributed by atoms with Crippen LogP contribution in [0.15, 0.2) is 59.6 Å². The van der Waals surface area contributed by atoms with Crippen molar-refractivity contribution in [3.63, 3.8) is 0 Å². The van der Waals surface area contributed by atoms with Gasteiger partial charge in [0.25, 0.3) is 0 Å². The summed E-state index contributed by atoms with van der Waals surface area (Å²) in [5.41, 5.74) is 3.96. The first kappa shape index (κ1) is 21.3. The van der Waals surface area contributed by atoms with Gasteiger partial charge < -0.3 is 15.5 Å².